The van der Waals surface area contributed by atoms with Gasteiger partial charge in [-0.2, -0.15) is 0 Å². The Bertz CT molecular complexity index is 762. The number of nitrogens with two attached hydrogens (primary N) is 1. The molecular formula is C15H11FN2S. The average molecular weight is 270 g/mol. The third-order valence-corrected chi connectivity index (χ3v) is 3.57. The summed E-state index contributed by atoms with van der Waals surface area (Å²) in [6, 6.07) is 10.7. The Morgan fingerprint density at radius 1 is 1.05 bits per heavy atom. The normalized spacial score (nSPS) is 11.4. The Balaban J connectivity index is 2.06. The summed E-state index contributed by atoms with van der Waals surface area (Å²) in [5.41, 5.74) is 7.36. The van der Waals surface area contributed by atoms with Gasteiger partial charge in [0.1, 0.15) is 5.82 Å². The van der Waals surface area contributed by atoms with Crippen LogP contribution in [0.3, 0.4) is 0 Å². The van der Waals surface area contributed by atoms with Crippen LogP contribution in [0.15, 0.2) is 41.8 Å². The molecule has 4 heteroatoms. The number of fused-ring (bicyclic) bond motifs is 1. The molecule has 0 radical (unpaired) electrons. The first-order chi connectivity index (χ1) is 9.24. The summed E-state index contributed by atoms with van der Waals surface area (Å²) in [5.74, 6) is -0.203. The number of halogens is 1. The second kappa shape index (κ2) is 4.82. The van der Waals surface area contributed by atoms with E-state index in [1.165, 1.54) is 17.4 Å². The molecule has 3 aromatic rings. The van der Waals surface area contributed by atoms with Gasteiger partial charge in [0.2, 0.25) is 0 Å². The fourth-order valence-electron chi connectivity index (χ4n) is 1.98. The van der Waals surface area contributed by atoms with E-state index in [9.17, 15) is 4.39 Å². The second-order valence-electron chi connectivity index (χ2n) is 4.13. The molecule has 0 saturated carbocycles. The van der Waals surface area contributed by atoms with Crippen LogP contribution in [0.1, 0.15) is 11.3 Å². The standard InChI is InChI=1S/C15H11FN2S/c16-14-8-6-10(12-3-1-2-4-13(12)14)5-7-11-9-19-15(17)18-11/h1-9H,(H2,17,18). The Kier molecular flexibility index (Phi) is 3.01. The lowest BCUT2D eigenvalue weighted by molar-refractivity contribution is 0.640. The molecule has 0 fully saturated rings. The van der Waals surface area contributed by atoms with Crippen molar-refractivity contribution >= 4 is 39.4 Å². The van der Waals surface area contributed by atoms with Crippen molar-refractivity contribution in [3.63, 3.8) is 0 Å². The van der Waals surface area contributed by atoms with Gasteiger partial charge in [-0.05, 0) is 23.1 Å². The summed E-state index contributed by atoms with van der Waals surface area (Å²) in [6.45, 7) is 0. The zero-order chi connectivity index (χ0) is 13.2. The zero-order valence-corrected chi connectivity index (χ0v) is 10.8. The minimum atomic E-state index is -0.203. The van der Waals surface area contributed by atoms with Gasteiger partial charge in [-0.15, -0.1) is 11.3 Å². The molecule has 3 rings (SSSR count). The molecule has 2 aromatic carbocycles. The summed E-state index contributed by atoms with van der Waals surface area (Å²) in [7, 11) is 0. The maximum Gasteiger partial charge on any atom is 0.180 e. The Labute approximate surface area is 114 Å². The Hall–Kier alpha value is -2.20. The summed E-state index contributed by atoms with van der Waals surface area (Å²) in [5, 5.41) is 3.95. The molecule has 2 nitrogen and oxygen atoms in total. The van der Waals surface area contributed by atoms with E-state index in [0.717, 1.165) is 16.6 Å². The average Bonchev–Trinajstić information content (AvgIpc) is 2.84. The van der Waals surface area contributed by atoms with Crippen molar-refractivity contribution in [1.29, 1.82) is 0 Å². The van der Waals surface area contributed by atoms with Crippen molar-refractivity contribution in [2.24, 2.45) is 0 Å². The van der Waals surface area contributed by atoms with Gasteiger partial charge in [0.25, 0.3) is 0 Å². The van der Waals surface area contributed by atoms with E-state index in [-0.39, 0.29) is 5.82 Å². The van der Waals surface area contributed by atoms with Gasteiger partial charge in [0, 0.05) is 10.8 Å². The van der Waals surface area contributed by atoms with E-state index < -0.39 is 0 Å². The van der Waals surface area contributed by atoms with Gasteiger partial charge in [-0.3, -0.25) is 0 Å². The third-order valence-electron chi connectivity index (χ3n) is 2.88. The highest BCUT2D eigenvalue weighted by molar-refractivity contribution is 7.13. The van der Waals surface area contributed by atoms with Crippen LogP contribution >= 0.6 is 11.3 Å². The number of nitrogen functional groups attached to an aromatic ring is 1. The molecule has 0 spiro atoms. The minimum absolute atomic E-state index is 0.203. The molecular weight excluding hydrogens is 259 g/mol. The molecule has 0 bridgehead atoms. The topological polar surface area (TPSA) is 38.9 Å². The van der Waals surface area contributed by atoms with E-state index in [2.05, 4.69) is 4.98 Å². The summed E-state index contributed by atoms with van der Waals surface area (Å²) in [4.78, 5) is 4.16. The fraction of sp³-hybridized carbons (Fsp3) is 0. The van der Waals surface area contributed by atoms with Gasteiger partial charge >= 0.3 is 0 Å². The van der Waals surface area contributed by atoms with Crippen LogP contribution in [0, 0.1) is 5.82 Å². The quantitative estimate of drug-likeness (QED) is 0.758. The molecule has 2 N–H and O–H groups in total. The first kappa shape index (κ1) is 11.9. The fourth-order valence-corrected chi connectivity index (χ4v) is 2.51. The number of aromatic nitrogens is 1. The predicted octanol–water partition coefficient (Wildman–Crippen LogP) is 4.19. The van der Waals surface area contributed by atoms with Crippen LogP contribution in [0.25, 0.3) is 22.9 Å². The van der Waals surface area contributed by atoms with Gasteiger partial charge in [-0.1, -0.05) is 36.4 Å². The van der Waals surface area contributed by atoms with Crippen LogP contribution in [0.4, 0.5) is 9.52 Å². The van der Waals surface area contributed by atoms with Crippen molar-refractivity contribution in [3.05, 3.63) is 58.9 Å². The van der Waals surface area contributed by atoms with Crippen molar-refractivity contribution in [2.45, 2.75) is 0 Å². The number of benzene rings is 2. The number of hydrogen-bond donors (Lipinski definition) is 1. The lowest BCUT2D eigenvalue weighted by Crippen LogP contribution is -1.83. The van der Waals surface area contributed by atoms with Gasteiger partial charge in [0.05, 0.1) is 5.69 Å². The highest BCUT2D eigenvalue weighted by Gasteiger charge is 2.03. The Morgan fingerprint density at radius 3 is 2.58 bits per heavy atom. The van der Waals surface area contributed by atoms with E-state index in [1.54, 1.807) is 12.1 Å². The SMILES string of the molecule is Nc1nc(C=Cc2ccc(F)c3ccccc23)cs1. The number of anilines is 1. The third kappa shape index (κ3) is 2.35. The smallest absolute Gasteiger partial charge is 0.180 e. The van der Waals surface area contributed by atoms with E-state index in [0.29, 0.717) is 10.5 Å². The summed E-state index contributed by atoms with van der Waals surface area (Å²) < 4.78 is 13.7. The van der Waals surface area contributed by atoms with Crippen LogP contribution in [-0.4, -0.2) is 4.98 Å². The lowest BCUT2D eigenvalue weighted by Gasteiger charge is -2.03. The van der Waals surface area contributed by atoms with E-state index in [1.807, 2.05) is 35.7 Å². The molecule has 94 valence electrons. The van der Waals surface area contributed by atoms with Crippen molar-refractivity contribution < 1.29 is 4.39 Å². The summed E-state index contributed by atoms with van der Waals surface area (Å²) >= 11 is 1.40. The monoisotopic (exact) mass is 270 g/mol. The molecule has 0 amide bonds. The number of rotatable bonds is 2. The molecule has 0 unspecified atom stereocenters. The maximum atomic E-state index is 13.7. The lowest BCUT2D eigenvalue weighted by atomic mass is 10.0. The molecule has 0 aliphatic carbocycles. The van der Waals surface area contributed by atoms with Crippen LogP contribution in [0.5, 0.6) is 0 Å². The van der Waals surface area contributed by atoms with Crippen molar-refractivity contribution in [2.75, 3.05) is 5.73 Å². The molecule has 1 aromatic heterocycles. The van der Waals surface area contributed by atoms with Crippen LogP contribution < -0.4 is 5.73 Å². The molecule has 0 aliphatic heterocycles. The largest absolute Gasteiger partial charge is 0.375 e. The predicted molar refractivity (Wildman–Crippen MR) is 79.4 cm³/mol. The van der Waals surface area contributed by atoms with Crippen molar-refractivity contribution in [3.8, 4) is 0 Å². The molecule has 0 saturated heterocycles. The van der Waals surface area contributed by atoms with Crippen LogP contribution in [0.2, 0.25) is 0 Å². The summed E-state index contributed by atoms with van der Waals surface area (Å²) in [6.07, 6.45) is 3.81. The molecule has 0 aliphatic rings. The highest BCUT2D eigenvalue weighted by atomic mass is 32.1. The molecule has 19 heavy (non-hydrogen) atoms. The Morgan fingerprint density at radius 2 is 1.84 bits per heavy atom. The highest BCUT2D eigenvalue weighted by Crippen LogP contribution is 2.23. The second-order valence-corrected chi connectivity index (χ2v) is 5.02. The maximum absolute atomic E-state index is 13.7. The molecule has 0 atom stereocenters. The van der Waals surface area contributed by atoms with Gasteiger partial charge in [-0.25, -0.2) is 9.37 Å². The van der Waals surface area contributed by atoms with Crippen molar-refractivity contribution in [1.82, 2.24) is 4.98 Å². The van der Waals surface area contributed by atoms with Gasteiger partial charge in [0.15, 0.2) is 5.13 Å². The zero-order valence-electron chi connectivity index (χ0n) is 10.0. The van der Waals surface area contributed by atoms with Gasteiger partial charge < -0.3 is 5.73 Å². The number of hydrogen-bond acceptors (Lipinski definition) is 3. The van der Waals surface area contributed by atoms with Crippen LogP contribution in [-0.2, 0) is 0 Å². The first-order valence-electron chi connectivity index (χ1n) is 5.80. The van der Waals surface area contributed by atoms with E-state index >= 15 is 0 Å². The van der Waals surface area contributed by atoms with E-state index in [4.69, 9.17) is 5.73 Å². The number of nitrogens with zero attached hydrogens (tertiary/aromatic N) is 1. The molecule has 1 heterocycles. The first-order valence-corrected chi connectivity index (χ1v) is 6.68. The number of thiazole rings is 1. The minimum Gasteiger partial charge on any atom is -0.375 e.